The molecule has 0 aromatic carbocycles. The minimum absolute atomic E-state index is 0.0452. The van der Waals surface area contributed by atoms with Crippen molar-refractivity contribution in [1.29, 1.82) is 0 Å². The zero-order valence-electron chi connectivity index (χ0n) is 21.8. The van der Waals surface area contributed by atoms with E-state index in [-0.39, 0.29) is 40.5 Å². The number of fused-ring (bicyclic) bond motifs is 1. The van der Waals surface area contributed by atoms with Crippen LogP contribution in [0, 0.1) is 5.92 Å². The van der Waals surface area contributed by atoms with Gasteiger partial charge in [0.15, 0.2) is 5.13 Å². The molecule has 3 aromatic rings. The number of nitrogens with zero attached hydrogens (tertiary/aromatic N) is 4. The third-order valence-electron chi connectivity index (χ3n) is 6.27. The molecule has 0 bridgehead atoms. The van der Waals surface area contributed by atoms with Gasteiger partial charge in [-0.25, -0.2) is 19.6 Å². The minimum Gasteiger partial charge on any atom is -0.478 e. The summed E-state index contributed by atoms with van der Waals surface area (Å²) < 4.78 is 6.23. The molecule has 12 nitrogen and oxygen atoms in total. The minimum atomic E-state index is -1.21. The summed E-state index contributed by atoms with van der Waals surface area (Å²) in [5.41, 5.74) is 5.93. The van der Waals surface area contributed by atoms with Crippen molar-refractivity contribution < 1.29 is 24.2 Å². The molecule has 4 heterocycles. The Morgan fingerprint density at radius 2 is 2.08 bits per heavy atom. The highest BCUT2D eigenvalue weighted by Gasteiger charge is 2.26. The van der Waals surface area contributed by atoms with Crippen LogP contribution in [0.3, 0.4) is 0 Å². The molecular weight excluding hydrogens is 524 g/mol. The Bertz CT molecular complexity index is 1500. The van der Waals surface area contributed by atoms with Crippen LogP contribution in [0.15, 0.2) is 34.6 Å². The number of carboxylic acids is 1. The average molecular weight is 555 g/mol. The number of carboxylic acid groups (broad SMARTS) is 1. The molecule has 4 N–H and O–H groups in total. The van der Waals surface area contributed by atoms with E-state index in [1.165, 1.54) is 40.1 Å². The molecule has 1 saturated heterocycles. The number of rotatable bonds is 7. The van der Waals surface area contributed by atoms with Crippen molar-refractivity contribution in [2.24, 2.45) is 11.7 Å². The third-order valence-corrected chi connectivity index (χ3v) is 7.03. The summed E-state index contributed by atoms with van der Waals surface area (Å²) in [6, 6.07) is 2.99. The van der Waals surface area contributed by atoms with Crippen LogP contribution in [0.25, 0.3) is 11.7 Å². The molecule has 13 heteroatoms. The normalized spacial score (nSPS) is 16.0. The van der Waals surface area contributed by atoms with Crippen molar-refractivity contribution in [1.82, 2.24) is 14.4 Å². The first-order valence-electron chi connectivity index (χ1n) is 12.3. The number of anilines is 2. The number of hydrogen-bond donors (Lipinski definition) is 3. The Morgan fingerprint density at radius 3 is 2.74 bits per heavy atom. The number of nitrogens with two attached hydrogens (primary N) is 1. The molecule has 2 amide bonds. The zero-order chi connectivity index (χ0) is 28.3. The fourth-order valence-electron chi connectivity index (χ4n) is 4.26. The molecule has 1 atom stereocenters. The van der Waals surface area contributed by atoms with Gasteiger partial charge in [-0.1, -0.05) is 20.8 Å². The predicted octanol–water partition coefficient (Wildman–Crippen LogP) is 3.11. The van der Waals surface area contributed by atoms with Crippen molar-refractivity contribution in [3.05, 3.63) is 57.0 Å². The van der Waals surface area contributed by atoms with Gasteiger partial charge in [-0.2, -0.15) is 0 Å². The topological polar surface area (TPSA) is 169 Å². The van der Waals surface area contributed by atoms with Crippen LogP contribution in [-0.2, 0) is 14.9 Å². The van der Waals surface area contributed by atoms with Crippen LogP contribution in [0.4, 0.5) is 15.7 Å². The lowest BCUT2D eigenvalue weighted by atomic mass is 9.93. The van der Waals surface area contributed by atoms with Gasteiger partial charge in [-0.15, -0.1) is 11.3 Å². The molecule has 0 saturated carbocycles. The number of carbonyl (C=O) groups is 3. The van der Waals surface area contributed by atoms with Gasteiger partial charge in [0, 0.05) is 47.6 Å². The van der Waals surface area contributed by atoms with E-state index in [2.05, 4.69) is 15.3 Å². The van der Waals surface area contributed by atoms with E-state index < -0.39 is 23.5 Å². The maximum absolute atomic E-state index is 13.4. The van der Waals surface area contributed by atoms with Gasteiger partial charge in [-0.3, -0.25) is 19.3 Å². The lowest BCUT2D eigenvalue weighted by Crippen LogP contribution is -2.40. The maximum Gasteiger partial charge on any atom is 0.404 e. The van der Waals surface area contributed by atoms with E-state index in [9.17, 15) is 24.3 Å². The SMILES string of the molecule is CC(C)(C)c1csc(NC(=O)c2ccn3c(=O)c(/C=C/C(=O)O)c(N4CCCC(COC(N)=O)C4)nc3c2)n1. The second-order valence-corrected chi connectivity index (χ2v) is 11.2. The standard InChI is InChI=1S/C26H30N6O6S/c1-26(2,3)18-14-39-25(28-18)30-22(35)16-8-10-32-19(11-16)29-21(17(23(32)36)6-7-20(33)34)31-9-4-5-15(12-31)13-38-24(27)37/h6-8,10-11,14-15H,4-5,9,12-13H2,1-3H3,(H2,27,37)(H,33,34)(H,28,30,35)/b7-6+. The first-order chi connectivity index (χ1) is 18.4. The molecule has 1 aliphatic heterocycles. The average Bonchev–Trinajstić information content (AvgIpc) is 3.35. The summed E-state index contributed by atoms with van der Waals surface area (Å²) in [5, 5.41) is 14.3. The number of amides is 2. The molecule has 39 heavy (non-hydrogen) atoms. The smallest absolute Gasteiger partial charge is 0.404 e. The maximum atomic E-state index is 13.4. The van der Waals surface area contributed by atoms with E-state index >= 15 is 0 Å². The zero-order valence-corrected chi connectivity index (χ0v) is 22.7. The van der Waals surface area contributed by atoms with E-state index in [0.717, 1.165) is 24.6 Å². The van der Waals surface area contributed by atoms with Gasteiger partial charge in [0.2, 0.25) is 0 Å². The van der Waals surface area contributed by atoms with Crippen molar-refractivity contribution in [2.45, 2.75) is 39.0 Å². The molecule has 1 unspecified atom stereocenters. The Labute approximate surface area is 228 Å². The van der Waals surface area contributed by atoms with Crippen molar-refractivity contribution in [3.8, 4) is 0 Å². The second kappa shape index (κ2) is 11.2. The summed E-state index contributed by atoms with van der Waals surface area (Å²) in [5.74, 6) is -1.37. The molecule has 1 aliphatic rings. The lowest BCUT2D eigenvalue weighted by molar-refractivity contribution is -0.131. The first-order valence-corrected chi connectivity index (χ1v) is 13.2. The number of primary amides is 1. The van der Waals surface area contributed by atoms with Gasteiger partial charge in [0.05, 0.1) is 17.9 Å². The van der Waals surface area contributed by atoms with Gasteiger partial charge in [-0.05, 0) is 31.1 Å². The van der Waals surface area contributed by atoms with Gasteiger partial charge in [0.1, 0.15) is 11.5 Å². The quantitative estimate of drug-likeness (QED) is 0.371. The fraction of sp³-hybridized carbons (Fsp3) is 0.385. The van der Waals surface area contributed by atoms with Crippen LogP contribution in [0.5, 0.6) is 0 Å². The second-order valence-electron chi connectivity index (χ2n) is 10.3. The Morgan fingerprint density at radius 1 is 1.31 bits per heavy atom. The Kier molecular flexibility index (Phi) is 8.00. The number of nitrogens with one attached hydrogen (secondary N) is 1. The predicted molar refractivity (Wildman–Crippen MR) is 147 cm³/mol. The van der Waals surface area contributed by atoms with Crippen LogP contribution >= 0.6 is 11.3 Å². The molecule has 206 valence electrons. The van der Waals surface area contributed by atoms with Crippen molar-refractivity contribution in [2.75, 3.05) is 29.9 Å². The van der Waals surface area contributed by atoms with Gasteiger partial charge < -0.3 is 20.5 Å². The van der Waals surface area contributed by atoms with Gasteiger partial charge in [0.25, 0.3) is 11.5 Å². The van der Waals surface area contributed by atoms with E-state index in [0.29, 0.717) is 18.2 Å². The number of aliphatic carboxylic acids is 1. The number of hydrogen-bond acceptors (Lipinski definition) is 9. The first kappa shape index (κ1) is 27.8. The summed E-state index contributed by atoms with van der Waals surface area (Å²) >= 11 is 1.33. The van der Waals surface area contributed by atoms with E-state index in [1.807, 2.05) is 31.1 Å². The number of thiazole rings is 1. The summed E-state index contributed by atoms with van der Waals surface area (Å²) in [4.78, 5) is 59.7. The van der Waals surface area contributed by atoms with Crippen LogP contribution < -0.4 is 21.5 Å². The highest BCUT2D eigenvalue weighted by molar-refractivity contribution is 7.14. The largest absolute Gasteiger partial charge is 0.478 e. The van der Waals surface area contributed by atoms with E-state index in [4.69, 9.17) is 10.5 Å². The number of aromatic nitrogens is 3. The van der Waals surface area contributed by atoms with E-state index in [1.54, 1.807) is 0 Å². The Hall–Kier alpha value is -4.26. The number of carbonyl (C=O) groups excluding carboxylic acids is 2. The van der Waals surface area contributed by atoms with Crippen LogP contribution in [0.2, 0.25) is 0 Å². The van der Waals surface area contributed by atoms with Gasteiger partial charge >= 0.3 is 12.1 Å². The number of ether oxygens (including phenoxy) is 1. The van der Waals surface area contributed by atoms with Crippen molar-refractivity contribution >= 4 is 52.0 Å². The molecular formula is C26H30N6O6S. The Balaban J connectivity index is 1.69. The molecule has 3 aromatic heterocycles. The summed E-state index contributed by atoms with van der Waals surface area (Å²) in [6.45, 7) is 7.21. The fourth-order valence-corrected chi connectivity index (χ4v) is 5.19. The van der Waals surface area contributed by atoms with Crippen LogP contribution in [-0.4, -0.2) is 57.1 Å². The molecule has 4 rings (SSSR count). The lowest BCUT2D eigenvalue weighted by Gasteiger charge is -2.34. The molecule has 0 spiro atoms. The molecule has 1 fully saturated rings. The number of pyridine rings is 1. The summed E-state index contributed by atoms with van der Waals surface area (Å²) in [6.07, 6.45) is 4.20. The highest BCUT2D eigenvalue weighted by Crippen LogP contribution is 2.27. The number of piperidine rings is 1. The molecule has 0 aliphatic carbocycles. The summed E-state index contributed by atoms with van der Waals surface area (Å²) in [7, 11) is 0. The highest BCUT2D eigenvalue weighted by atomic mass is 32.1. The van der Waals surface area contributed by atoms with Crippen LogP contribution in [0.1, 0.15) is 55.2 Å². The third kappa shape index (κ3) is 6.60. The monoisotopic (exact) mass is 554 g/mol. The van der Waals surface area contributed by atoms with Crippen molar-refractivity contribution in [3.63, 3.8) is 0 Å². The molecule has 0 radical (unpaired) electrons.